The SMILES string of the molecule is COC(=O)[C@@H](CCSC)NC(=O)CCc1c(C)c2cc3c(C)coc3c(C)c2oc1=O. The highest BCUT2D eigenvalue weighted by atomic mass is 32.2. The third-order valence-corrected chi connectivity index (χ3v) is 6.21. The van der Waals surface area contributed by atoms with Gasteiger partial charge in [-0.3, -0.25) is 4.79 Å². The van der Waals surface area contributed by atoms with Crippen molar-refractivity contribution < 1.29 is 23.2 Å². The average molecular weight is 446 g/mol. The van der Waals surface area contributed by atoms with Crippen LogP contribution in [0.5, 0.6) is 0 Å². The molecule has 1 N–H and O–H groups in total. The van der Waals surface area contributed by atoms with Gasteiger partial charge in [0.05, 0.1) is 13.4 Å². The third kappa shape index (κ3) is 4.63. The number of ether oxygens (including phenoxy) is 1. The first kappa shape index (κ1) is 22.9. The molecule has 0 saturated heterocycles. The number of carbonyl (C=O) groups excluding carboxylic acids is 2. The Morgan fingerprint density at radius 1 is 1.16 bits per heavy atom. The molecule has 0 fully saturated rings. The van der Waals surface area contributed by atoms with E-state index >= 15 is 0 Å². The van der Waals surface area contributed by atoms with Crippen LogP contribution in [-0.2, 0) is 20.7 Å². The van der Waals surface area contributed by atoms with E-state index in [4.69, 9.17) is 13.6 Å². The second-order valence-corrected chi connectivity index (χ2v) is 8.58. The minimum Gasteiger partial charge on any atom is -0.467 e. The summed E-state index contributed by atoms with van der Waals surface area (Å²) in [6, 6.07) is 1.27. The van der Waals surface area contributed by atoms with Crippen LogP contribution in [0, 0.1) is 20.8 Å². The molecule has 7 nitrogen and oxygen atoms in total. The summed E-state index contributed by atoms with van der Waals surface area (Å²) in [6.07, 6.45) is 4.38. The molecular weight excluding hydrogens is 418 g/mol. The number of benzene rings is 1. The first-order valence-corrected chi connectivity index (χ1v) is 11.5. The molecular formula is C23H27NO6S. The van der Waals surface area contributed by atoms with Crippen LogP contribution in [0.3, 0.4) is 0 Å². The minimum atomic E-state index is -0.695. The monoisotopic (exact) mass is 445 g/mol. The van der Waals surface area contributed by atoms with Gasteiger partial charge in [-0.1, -0.05) is 0 Å². The van der Waals surface area contributed by atoms with E-state index in [0.717, 1.165) is 27.5 Å². The molecule has 0 spiro atoms. The third-order valence-electron chi connectivity index (χ3n) is 5.57. The molecule has 0 unspecified atom stereocenters. The van der Waals surface area contributed by atoms with Crippen molar-refractivity contribution in [3.05, 3.63) is 45.0 Å². The van der Waals surface area contributed by atoms with Gasteiger partial charge in [-0.25, -0.2) is 9.59 Å². The van der Waals surface area contributed by atoms with Crippen molar-refractivity contribution in [2.75, 3.05) is 19.1 Å². The Bertz CT molecular complexity index is 1190. The van der Waals surface area contributed by atoms with Gasteiger partial charge in [-0.2, -0.15) is 11.8 Å². The topological polar surface area (TPSA) is 98.8 Å². The Hall–Kier alpha value is -2.74. The smallest absolute Gasteiger partial charge is 0.339 e. The highest BCUT2D eigenvalue weighted by Gasteiger charge is 2.22. The standard InChI is InChI=1S/C23H27NO6S/c1-12-11-29-20-14(3)21-17(10-16(12)20)13(2)15(22(26)30-21)6-7-19(25)24-18(8-9-31-5)23(27)28-4/h10-11,18H,6-9H2,1-5H3,(H,24,25)/t18-/m1/s1. The molecule has 0 bridgehead atoms. The van der Waals surface area contributed by atoms with Gasteiger partial charge in [0.15, 0.2) is 0 Å². The molecule has 2 heterocycles. The van der Waals surface area contributed by atoms with Crippen molar-refractivity contribution in [1.29, 1.82) is 0 Å². The Morgan fingerprint density at radius 3 is 2.58 bits per heavy atom. The van der Waals surface area contributed by atoms with Crippen LogP contribution in [-0.4, -0.2) is 37.0 Å². The van der Waals surface area contributed by atoms with Crippen molar-refractivity contribution in [3.63, 3.8) is 0 Å². The van der Waals surface area contributed by atoms with Crippen LogP contribution in [0.2, 0.25) is 0 Å². The number of fused-ring (bicyclic) bond motifs is 2. The molecule has 3 rings (SSSR count). The first-order valence-electron chi connectivity index (χ1n) is 10.1. The van der Waals surface area contributed by atoms with E-state index in [0.29, 0.717) is 28.9 Å². The van der Waals surface area contributed by atoms with Gasteiger partial charge in [0.2, 0.25) is 5.91 Å². The van der Waals surface area contributed by atoms with Crippen molar-refractivity contribution in [2.45, 2.75) is 46.1 Å². The lowest BCUT2D eigenvalue weighted by atomic mass is 9.98. The van der Waals surface area contributed by atoms with Crippen LogP contribution < -0.4 is 10.9 Å². The number of carbonyl (C=O) groups is 2. The van der Waals surface area contributed by atoms with E-state index in [1.807, 2.05) is 33.1 Å². The number of aryl methyl sites for hydroxylation is 3. The number of methoxy groups -OCH3 is 1. The molecule has 31 heavy (non-hydrogen) atoms. The summed E-state index contributed by atoms with van der Waals surface area (Å²) in [5.41, 5.74) is 3.78. The molecule has 0 radical (unpaired) electrons. The summed E-state index contributed by atoms with van der Waals surface area (Å²) < 4.78 is 16.0. The van der Waals surface area contributed by atoms with Crippen LogP contribution in [0.4, 0.5) is 0 Å². The molecule has 3 aromatic rings. The number of amides is 1. The maximum absolute atomic E-state index is 12.7. The maximum Gasteiger partial charge on any atom is 0.339 e. The fraction of sp³-hybridized carbons (Fsp3) is 0.435. The van der Waals surface area contributed by atoms with E-state index < -0.39 is 17.6 Å². The fourth-order valence-corrected chi connectivity index (χ4v) is 4.21. The number of thioether (sulfide) groups is 1. The van der Waals surface area contributed by atoms with E-state index in [1.54, 1.807) is 18.0 Å². The van der Waals surface area contributed by atoms with Crippen LogP contribution in [0.1, 0.15) is 35.1 Å². The number of nitrogens with one attached hydrogen (secondary N) is 1. The number of esters is 1. The normalized spacial score (nSPS) is 12.3. The van der Waals surface area contributed by atoms with Crippen LogP contribution in [0.25, 0.3) is 21.9 Å². The van der Waals surface area contributed by atoms with Crippen molar-refractivity contribution in [3.8, 4) is 0 Å². The van der Waals surface area contributed by atoms with E-state index in [9.17, 15) is 14.4 Å². The van der Waals surface area contributed by atoms with Gasteiger partial charge in [0, 0.05) is 28.3 Å². The fourth-order valence-electron chi connectivity index (χ4n) is 3.74. The molecule has 1 atom stereocenters. The summed E-state index contributed by atoms with van der Waals surface area (Å²) >= 11 is 1.58. The Balaban J connectivity index is 1.85. The Labute approximate surface area is 184 Å². The molecule has 166 valence electrons. The molecule has 0 aliphatic carbocycles. The highest BCUT2D eigenvalue weighted by molar-refractivity contribution is 7.98. The molecule has 1 aromatic carbocycles. The zero-order chi connectivity index (χ0) is 22.7. The lowest BCUT2D eigenvalue weighted by Gasteiger charge is -2.16. The minimum absolute atomic E-state index is 0.0653. The van der Waals surface area contributed by atoms with Crippen molar-refractivity contribution in [1.82, 2.24) is 5.32 Å². The van der Waals surface area contributed by atoms with Gasteiger partial charge in [-0.15, -0.1) is 0 Å². The Kier molecular flexibility index (Phi) is 7.10. The quantitative estimate of drug-likeness (QED) is 0.416. The predicted octanol–water partition coefficient (Wildman–Crippen LogP) is 3.81. The summed E-state index contributed by atoms with van der Waals surface area (Å²) in [7, 11) is 1.30. The largest absolute Gasteiger partial charge is 0.467 e. The summed E-state index contributed by atoms with van der Waals surface area (Å²) in [5, 5.41) is 4.52. The molecule has 2 aromatic heterocycles. The summed E-state index contributed by atoms with van der Waals surface area (Å²) in [5.74, 6) is -0.0687. The van der Waals surface area contributed by atoms with E-state index in [2.05, 4.69) is 5.32 Å². The van der Waals surface area contributed by atoms with Gasteiger partial charge < -0.3 is 18.9 Å². The number of rotatable bonds is 8. The Morgan fingerprint density at radius 2 is 1.90 bits per heavy atom. The van der Waals surface area contributed by atoms with Gasteiger partial charge >= 0.3 is 11.6 Å². The highest BCUT2D eigenvalue weighted by Crippen LogP contribution is 2.32. The average Bonchev–Trinajstić information content (AvgIpc) is 3.12. The van der Waals surface area contributed by atoms with Gasteiger partial charge in [0.25, 0.3) is 0 Å². The molecule has 8 heteroatoms. The van der Waals surface area contributed by atoms with E-state index in [-0.39, 0.29) is 18.7 Å². The van der Waals surface area contributed by atoms with Crippen LogP contribution in [0.15, 0.2) is 26.0 Å². The van der Waals surface area contributed by atoms with Gasteiger partial charge in [0.1, 0.15) is 17.2 Å². The second-order valence-electron chi connectivity index (χ2n) is 7.59. The molecule has 0 aliphatic rings. The number of hydrogen-bond donors (Lipinski definition) is 1. The molecule has 0 aliphatic heterocycles. The second kappa shape index (κ2) is 9.60. The maximum atomic E-state index is 12.7. The zero-order valence-corrected chi connectivity index (χ0v) is 19.2. The first-order chi connectivity index (χ1) is 14.8. The summed E-state index contributed by atoms with van der Waals surface area (Å²) in [6.45, 7) is 5.69. The van der Waals surface area contributed by atoms with Crippen molar-refractivity contribution >= 4 is 45.6 Å². The lowest BCUT2D eigenvalue weighted by molar-refractivity contribution is -0.145. The lowest BCUT2D eigenvalue weighted by Crippen LogP contribution is -2.42. The number of furan rings is 1. The van der Waals surface area contributed by atoms with Gasteiger partial charge in [-0.05, 0) is 62.8 Å². The number of hydrogen-bond acceptors (Lipinski definition) is 7. The van der Waals surface area contributed by atoms with Crippen LogP contribution >= 0.6 is 11.8 Å². The molecule has 1 amide bonds. The zero-order valence-electron chi connectivity index (χ0n) is 18.4. The van der Waals surface area contributed by atoms with E-state index in [1.165, 1.54) is 7.11 Å². The van der Waals surface area contributed by atoms with Crippen molar-refractivity contribution in [2.24, 2.45) is 0 Å². The molecule has 0 saturated carbocycles. The predicted molar refractivity (Wildman–Crippen MR) is 122 cm³/mol. The summed E-state index contributed by atoms with van der Waals surface area (Å²) in [4.78, 5) is 37.0.